The Hall–Kier alpha value is -0.990. The fraction of sp³-hybridized carbons (Fsp3) is 0.769. The average Bonchev–Trinajstić information content (AvgIpc) is 2.56. The predicted molar refractivity (Wildman–Crippen MR) is 69.9 cm³/mol. The lowest BCUT2D eigenvalue weighted by atomic mass is 10.0. The third kappa shape index (κ3) is 2.77. The SMILES string of the molecule is CCC(CC)CNc1c(C)nn(CC)c1C. The maximum atomic E-state index is 4.51. The molecular weight excluding hydrogens is 198 g/mol. The Morgan fingerprint density at radius 2 is 1.81 bits per heavy atom. The molecule has 0 saturated heterocycles. The first-order chi connectivity index (χ1) is 7.63. The van der Waals surface area contributed by atoms with E-state index >= 15 is 0 Å². The number of nitrogens with zero attached hydrogens (tertiary/aromatic N) is 2. The smallest absolute Gasteiger partial charge is 0.0827 e. The highest BCUT2D eigenvalue weighted by Crippen LogP contribution is 2.20. The lowest BCUT2D eigenvalue weighted by Gasteiger charge is -2.14. The van der Waals surface area contributed by atoms with E-state index in [1.807, 2.05) is 0 Å². The molecule has 0 aromatic carbocycles. The van der Waals surface area contributed by atoms with E-state index in [1.54, 1.807) is 0 Å². The summed E-state index contributed by atoms with van der Waals surface area (Å²) in [6.07, 6.45) is 2.48. The van der Waals surface area contributed by atoms with Gasteiger partial charge in [-0.25, -0.2) is 0 Å². The zero-order valence-electron chi connectivity index (χ0n) is 11.3. The third-order valence-corrected chi connectivity index (χ3v) is 3.40. The molecule has 0 aliphatic carbocycles. The van der Waals surface area contributed by atoms with Gasteiger partial charge in [0.1, 0.15) is 0 Å². The molecule has 0 atom stereocenters. The molecule has 0 aliphatic heterocycles. The van der Waals surface area contributed by atoms with Gasteiger partial charge in [0.2, 0.25) is 0 Å². The Bertz CT molecular complexity index is 324. The molecule has 0 radical (unpaired) electrons. The predicted octanol–water partition coefficient (Wildman–Crippen LogP) is 3.37. The van der Waals surface area contributed by atoms with Crippen molar-refractivity contribution in [3.63, 3.8) is 0 Å². The van der Waals surface area contributed by atoms with Gasteiger partial charge in [0.05, 0.1) is 17.1 Å². The molecule has 1 rings (SSSR count). The van der Waals surface area contributed by atoms with Gasteiger partial charge in [-0.1, -0.05) is 26.7 Å². The first-order valence-electron chi connectivity index (χ1n) is 6.41. The normalized spacial score (nSPS) is 11.1. The monoisotopic (exact) mass is 223 g/mol. The molecule has 1 N–H and O–H groups in total. The topological polar surface area (TPSA) is 29.9 Å². The molecule has 3 nitrogen and oxygen atoms in total. The summed E-state index contributed by atoms with van der Waals surface area (Å²) in [5.74, 6) is 0.767. The number of rotatable bonds is 6. The van der Waals surface area contributed by atoms with Crippen molar-refractivity contribution in [2.45, 2.75) is 54.0 Å². The van der Waals surface area contributed by atoms with E-state index in [-0.39, 0.29) is 0 Å². The highest BCUT2D eigenvalue weighted by Gasteiger charge is 2.11. The molecule has 0 spiro atoms. The minimum atomic E-state index is 0.767. The summed E-state index contributed by atoms with van der Waals surface area (Å²) in [5.41, 5.74) is 3.60. The number of hydrogen-bond donors (Lipinski definition) is 1. The van der Waals surface area contributed by atoms with Gasteiger partial charge in [-0.3, -0.25) is 4.68 Å². The molecule has 0 amide bonds. The van der Waals surface area contributed by atoms with E-state index in [0.29, 0.717) is 0 Å². The zero-order chi connectivity index (χ0) is 12.1. The van der Waals surface area contributed by atoms with Crippen LogP contribution in [0.2, 0.25) is 0 Å². The van der Waals surface area contributed by atoms with Gasteiger partial charge in [-0.2, -0.15) is 5.10 Å². The number of aromatic nitrogens is 2. The van der Waals surface area contributed by atoms with Crippen LogP contribution in [0.3, 0.4) is 0 Å². The van der Waals surface area contributed by atoms with E-state index < -0.39 is 0 Å². The Morgan fingerprint density at radius 1 is 1.19 bits per heavy atom. The maximum absolute atomic E-state index is 4.51. The minimum absolute atomic E-state index is 0.767. The van der Waals surface area contributed by atoms with E-state index in [9.17, 15) is 0 Å². The number of nitrogens with one attached hydrogen (secondary N) is 1. The number of anilines is 1. The van der Waals surface area contributed by atoms with Gasteiger partial charge in [0.15, 0.2) is 0 Å². The average molecular weight is 223 g/mol. The first kappa shape index (κ1) is 13.1. The minimum Gasteiger partial charge on any atom is -0.382 e. The maximum Gasteiger partial charge on any atom is 0.0827 e. The molecule has 0 unspecified atom stereocenters. The summed E-state index contributed by atoms with van der Waals surface area (Å²) in [7, 11) is 0. The number of hydrogen-bond acceptors (Lipinski definition) is 2. The van der Waals surface area contributed by atoms with Gasteiger partial charge < -0.3 is 5.32 Å². The van der Waals surface area contributed by atoms with E-state index in [1.165, 1.54) is 24.2 Å². The molecule has 1 aromatic rings. The summed E-state index contributed by atoms with van der Waals surface area (Å²) < 4.78 is 2.06. The van der Waals surface area contributed by atoms with Crippen molar-refractivity contribution in [3.05, 3.63) is 11.4 Å². The van der Waals surface area contributed by atoms with Crippen LogP contribution in [-0.4, -0.2) is 16.3 Å². The second-order valence-corrected chi connectivity index (χ2v) is 4.43. The van der Waals surface area contributed by atoms with Crippen LogP contribution >= 0.6 is 0 Å². The van der Waals surface area contributed by atoms with Gasteiger partial charge in [0.25, 0.3) is 0 Å². The molecule has 0 saturated carbocycles. The molecule has 0 bridgehead atoms. The van der Waals surface area contributed by atoms with Crippen LogP contribution in [0.15, 0.2) is 0 Å². The van der Waals surface area contributed by atoms with Crippen molar-refractivity contribution in [1.29, 1.82) is 0 Å². The van der Waals surface area contributed by atoms with Gasteiger partial charge in [-0.15, -0.1) is 0 Å². The zero-order valence-corrected chi connectivity index (χ0v) is 11.3. The summed E-state index contributed by atoms with van der Waals surface area (Å²) in [6, 6.07) is 0. The van der Waals surface area contributed by atoms with Crippen LogP contribution in [-0.2, 0) is 6.54 Å². The van der Waals surface area contributed by atoms with Gasteiger partial charge in [-0.05, 0) is 26.7 Å². The Labute approximate surface area is 99.2 Å². The van der Waals surface area contributed by atoms with Crippen LogP contribution in [0.4, 0.5) is 5.69 Å². The van der Waals surface area contributed by atoms with Crippen LogP contribution in [0.5, 0.6) is 0 Å². The fourth-order valence-corrected chi connectivity index (χ4v) is 2.08. The molecule has 1 aromatic heterocycles. The van der Waals surface area contributed by atoms with Crippen LogP contribution in [0.25, 0.3) is 0 Å². The van der Waals surface area contributed by atoms with Crippen molar-refractivity contribution >= 4 is 5.69 Å². The molecule has 92 valence electrons. The lowest BCUT2D eigenvalue weighted by molar-refractivity contribution is 0.519. The highest BCUT2D eigenvalue weighted by atomic mass is 15.3. The molecule has 3 heteroatoms. The van der Waals surface area contributed by atoms with Crippen LogP contribution < -0.4 is 5.32 Å². The van der Waals surface area contributed by atoms with Crippen molar-refractivity contribution < 1.29 is 0 Å². The lowest BCUT2D eigenvalue weighted by Crippen LogP contribution is -2.13. The Morgan fingerprint density at radius 3 is 2.25 bits per heavy atom. The van der Waals surface area contributed by atoms with Crippen molar-refractivity contribution in [2.75, 3.05) is 11.9 Å². The first-order valence-corrected chi connectivity index (χ1v) is 6.41. The Kier molecular flexibility index (Phi) is 4.84. The second kappa shape index (κ2) is 5.92. The molecule has 0 aliphatic rings. The van der Waals surface area contributed by atoms with Crippen molar-refractivity contribution in [2.24, 2.45) is 5.92 Å². The summed E-state index contributed by atoms with van der Waals surface area (Å²) in [5, 5.41) is 8.07. The number of aryl methyl sites for hydroxylation is 2. The largest absolute Gasteiger partial charge is 0.382 e. The summed E-state index contributed by atoms with van der Waals surface area (Å²) in [4.78, 5) is 0. The van der Waals surface area contributed by atoms with Gasteiger partial charge >= 0.3 is 0 Å². The third-order valence-electron chi connectivity index (χ3n) is 3.40. The van der Waals surface area contributed by atoms with Crippen LogP contribution in [0.1, 0.15) is 45.0 Å². The summed E-state index contributed by atoms with van der Waals surface area (Å²) >= 11 is 0. The second-order valence-electron chi connectivity index (χ2n) is 4.43. The van der Waals surface area contributed by atoms with E-state index in [0.717, 1.165) is 24.7 Å². The molecular formula is C13H25N3. The molecule has 16 heavy (non-hydrogen) atoms. The summed E-state index contributed by atoms with van der Waals surface area (Å²) in [6.45, 7) is 12.9. The van der Waals surface area contributed by atoms with Gasteiger partial charge in [0, 0.05) is 13.1 Å². The Balaban J connectivity index is 2.69. The van der Waals surface area contributed by atoms with Crippen LogP contribution in [0, 0.1) is 19.8 Å². The standard InChI is InChI=1S/C13H25N3/c1-6-12(7-2)9-14-13-10(4)15-16(8-3)11(13)5/h12,14H,6-9H2,1-5H3. The van der Waals surface area contributed by atoms with E-state index in [2.05, 4.69) is 49.7 Å². The van der Waals surface area contributed by atoms with E-state index in [4.69, 9.17) is 0 Å². The molecule has 1 heterocycles. The van der Waals surface area contributed by atoms with Crippen molar-refractivity contribution in [3.8, 4) is 0 Å². The molecule has 0 fully saturated rings. The van der Waals surface area contributed by atoms with Crippen molar-refractivity contribution in [1.82, 2.24) is 9.78 Å². The fourth-order valence-electron chi connectivity index (χ4n) is 2.08. The quantitative estimate of drug-likeness (QED) is 0.801. The highest BCUT2D eigenvalue weighted by molar-refractivity contribution is 5.52.